The standard InChI is InChI=1S/C17H20O5/c1-19-13-7-5-11(6-8-13)16(18)12-9-14(20-2)17(22-4)15(10-12)21-3/h5-10,16,18H,1-4H3/t16-/m1/s1. The van der Waals surface area contributed by atoms with Gasteiger partial charge in [0.05, 0.1) is 28.4 Å². The molecule has 0 saturated heterocycles. The van der Waals surface area contributed by atoms with Crippen molar-refractivity contribution in [3.8, 4) is 23.0 Å². The molecule has 0 saturated carbocycles. The second-order valence-corrected chi connectivity index (χ2v) is 4.63. The molecule has 2 rings (SSSR count). The summed E-state index contributed by atoms with van der Waals surface area (Å²) >= 11 is 0. The SMILES string of the molecule is COc1ccc([C@@H](O)c2cc(OC)c(OC)c(OC)c2)cc1. The molecule has 0 aliphatic heterocycles. The van der Waals surface area contributed by atoms with Crippen molar-refractivity contribution in [2.45, 2.75) is 6.10 Å². The molecule has 0 bridgehead atoms. The number of rotatable bonds is 6. The summed E-state index contributed by atoms with van der Waals surface area (Å²) < 4.78 is 21.0. The third-order valence-electron chi connectivity index (χ3n) is 3.43. The quantitative estimate of drug-likeness (QED) is 0.889. The van der Waals surface area contributed by atoms with E-state index < -0.39 is 6.10 Å². The molecule has 5 heteroatoms. The molecule has 0 amide bonds. The highest BCUT2D eigenvalue weighted by Gasteiger charge is 2.18. The lowest BCUT2D eigenvalue weighted by Crippen LogP contribution is -2.03. The van der Waals surface area contributed by atoms with Crippen molar-refractivity contribution in [2.75, 3.05) is 28.4 Å². The first-order chi connectivity index (χ1) is 10.6. The molecule has 0 fully saturated rings. The Labute approximate surface area is 130 Å². The lowest BCUT2D eigenvalue weighted by Gasteiger charge is -2.17. The van der Waals surface area contributed by atoms with E-state index >= 15 is 0 Å². The van der Waals surface area contributed by atoms with Gasteiger partial charge in [0, 0.05) is 0 Å². The molecular weight excluding hydrogens is 284 g/mol. The largest absolute Gasteiger partial charge is 0.497 e. The summed E-state index contributed by atoms with van der Waals surface area (Å²) in [6, 6.07) is 10.7. The summed E-state index contributed by atoms with van der Waals surface area (Å²) in [7, 11) is 6.23. The first-order valence-corrected chi connectivity index (χ1v) is 6.76. The van der Waals surface area contributed by atoms with E-state index in [1.807, 2.05) is 12.1 Å². The lowest BCUT2D eigenvalue weighted by molar-refractivity contribution is 0.218. The molecule has 118 valence electrons. The average Bonchev–Trinajstić information content (AvgIpc) is 2.59. The normalized spacial score (nSPS) is 11.7. The highest BCUT2D eigenvalue weighted by Crippen LogP contribution is 2.40. The molecule has 22 heavy (non-hydrogen) atoms. The molecule has 0 unspecified atom stereocenters. The predicted molar refractivity (Wildman–Crippen MR) is 83.2 cm³/mol. The summed E-state index contributed by atoms with van der Waals surface area (Å²) in [5, 5.41) is 10.6. The molecule has 0 heterocycles. The van der Waals surface area contributed by atoms with E-state index in [0.29, 0.717) is 22.8 Å². The number of methoxy groups -OCH3 is 4. The Kier molecular flexibility index (Phi) is 5.12. The van der Waals surface area contributed by atoms with Crippen LogP contribution in [0.25, 0.3) is 0 Å². The maximum absolute atomic E-state index is 10.6. The van der Waals surface area contributed by atoms with Gasteiger partial charge in [-0.15, -0.1) is 0 Å². The van der Waals surface area contributed by atoms with Crippen LogP contribution in [0.2, 0.25) is 0 Å². The Morgan fingerprint density at radius 3 is 1.68 bits per heavy atom. The van der Waals surface area contributed by atoms with E-state index in [4.69, 9.17) is 18.9 Å². The molecular formula is C17H20O5. The predicted octanol–water partition coefficient (Wildman–Crippen LogP) is 2.80. The van der Waals surface area contributed by atoms with Crippen LogP contribution < -0.4 is 18.9 Å². The third-order valence-corrected chi connectivity index (χ3v) is 3.43. The number of aliphatic hydroxyl groups is 1. The van der Waals surface area contributed by atoms with Crippen molar-refractivity contribution in [2.24, 2.45) is 0 Å². The minimum absolute atomic E-state index is 0.496. The van der Waals surface area contributed by atoms with Gasteiger partial charge in [-0.25, -0.2) is 0 Å². The summed E-state index contributed by atoms with van der Waals surface area (Å²) in [5.74, 6) is 2.24. The van der Waals surface area contributed by atoms with Crippen LogP contribution >= 0.6 is 0 Å². The van der Waals surface area contributed by atoms with Crippen molar-refractivity contribution in [1.82, 2.24) is 0 Å². The first kappa shape index (κ1) is 16.0. The molecule has 5 nitrogen and oxygen atoms in total. The van der Waals surface area contributed by atoms with Crippen LogP contribution in [-0.2, 0) is 0 Å². The van der Waals surface area contributed by atoms with Crippen molar-refractivity contribution >= 4 is 0 Å². The van der Waals surface area contributed by atoms with Crippen LogP contribution in [-0.4, -0.2) is 33.5 Å². The number of aliphatic hydroxyl groups excluding tert-OH is 1. The zero-order valence-corrected chi connectivity index (χ0v) is 13.1. The van der Waals surface area contributed by atoms with E-state index in [0.717, 1.165) is 11.3 Å². The highest BCUT2D eigenvalue weighted by molar-refractivity contribution is 5.55. The molecule has 0 aromatic heterocycles. The second-order valence-electron chi connectivity index (χ2n) is 4.63. The van der Waals surface area contributed by atoms with Gasteiger partial charge in [0.1, 0.15) is 11.9 Å². The van der Waals surface area contributed by atoms with Crippen LogP contribution in [0.5, 0.6) is 23.0 Å². The van der Waals surface area contributed by atoms with Gasteiger partial charge in [0.15, 0.2) is 11.5 Å². The van der Waals surface area contributed by atoms with Crippen molar-refractivity contribution in [1.29, 1.82) is 0 Å². The van der Waals surface area contributed by atoms with Crippen molar-refractivity contribution < 1.29 is 24.1 Å². The van der Waals surface area contributed by atoms with Crippen LogP contribution in [0.1, 0.15) is 17.2 Å². The fourth-order valence-electron chi connectivity index (χ4n) is 2.24. The van der Waals surface area contributed by atoms with Gasteiger partial charge >= 0.3 is 0 Å². The Morgan fingerprint density at radius 1 is 0.727 bits per heavy atom. The van der Waals surface area contributed by atoms with E-state index in [2.05, 4.69) is 0 Å². The molecule has 0 aliphatic carbocycles. The van der Waals surface area contributed by atoms with Crippen LogP contribution in [0.4, 0.5) is 0 Å². The lowest BCUT2D eigenvalue weighted by atomic mass is 10.0. The van der Waals surface area contributed by atoms with Gasteiger partial charge in [-0.05, 0) is 35.4 Å². The number of benzene rings is 2. The Hall–Kier alpha value is -2.40. The van der Waals surface area contributed by atoms with E-state index in [1.54, 1.807) is 52.7 Å². The van der Waals surface area contributed by atoms with E-state index in [-0.39, 0.29) is 0 Å². The van der Waals surface area contributed by atoms with Crippen LogP contribution in [0.15, 0.2) is 36.4 Å². The molecule has 0 aliphatic rings. The zero-order chi connectivity index (χ0) is 16.1. The average molecular weight is 304 g/mol. The smallest absolute Gasteiger partial charge is 0.203 e. The summed E-state index contributed by atoms with van der Waals surface area (Å²) in [6.07, 6.45) is -0.806. The molecule has 1 N–H and O–H groups in total. The van der Waals surface area contributed by atoms with Gasteiger partial charge in [0.25, 0.3) is 0 Å². The molecule has 0 spiro atoms. The second kappa shape index (κ2) is 7.04. The summed E-state index contributed by atoms with van der Waals surface area (Å²) in [4.78, 5) is 0. The van der Waals surface area contributed by atoms with Crippen LogP contribution in [0, 0.1) is 0 Å². The number of hydrogen-bond acceptors (Lipinski definition) is 5. The Balaban J connectivity index is 2.41. The Bertz CT molecular complexity index is 596. The summed E-state index contributed by atoms with van der Waals surface area (Å²) in [5.41, 5.74) is 1.40. The van der Waals surface area contributed by atoms with Crippen molar-refractivity contribution in [3.05, 3.63) is 47.5 Å². The highest BCUT2D eigenvalue weighted by atomic mass is 16.5. The zero-order valence-electron chi connectivity index (χ0n) is 13.1. The van der Waals surface area contributed by atoms with Gasteiger partial charge in [-0.1, -0.05) is 12.1 Å². The minimum atomic E-state index is -0.806. The number of hydrogen-bond donors (Lipinski definition) is 1. The third kappa shape index (κ3) is 3.09. The van der Waals surface area contributed by atoms with Crippen LogP contribution in [0.3, 0.4) is 0 Å². The topological polar surface area (TPSA) is 57.2 Å². The van der Waals surface area contributed by atoms with E-state index in [1.165, 1.54) is 0 Å². The first-order valence-electron chi connectivity index (χ1n) is 6.76. The minimum Gasteiger partial charge on any atom is -0.497 e. The maximum Gasteiger partial charge on any atom is 0.203 e. The monoisotopic (exact) mass is 304 g/mol. The maximum atomic E-state index is 10.6. The molecule has 2 aromatic rings. The fraction of sp³-hybridized carbons (Fsp3) is 0.294. The van der Waals surface area contributed by atoms with E-state index in [9.17, 15) is 5.11 Å². The van der Waals surface area contributed by atoms with Crippen molar-refractivity contribution in [3.63, 3.8) is 0 Å². The van der Waals surface area contributed by atoms with Gasteiger partial charge < -0.3 is 24.1 Å². The Morgan fingerprint density at radius 2 is 1.27 bits per heavy atom. The molecule has 1 atom stereocenters. The fourth-order valence-corrected chi connectivity index (χ4v) is 2.24. The molecule has 2 aromatic carbocycles. The molecule has 0 radical (unpaired) electrons. The van der Waals surface area contributed by atoms with Gasteiger partial charge in [-0.3, -0.25) is 0 Å². The number of ether oxygens (including phenoxy) is 4. The van der Waals surface area contributed by atoms with Gasteiger partial charge in [-0.2, -0.15) is 0 Å². The van der Waals surface area contributed by atoms with Gasteiger partial charge in [0.2, 0.25) is 5.75 Å². The summed E-state index contributed by atoms with van der Waals surface area (Å²) in [6.45, 7) is 0.